The monoisotopic (exact) mass is 586 g/mol. The van der Waals surface area contributed by atoms with E-state index >= 15 is 0 Å². The Morgan fingerprint density at radius 1 is 0.850 bits per heavy atom. The highest BCUT2D eigenvalue weighted by atomic mass is 28.3. The van der Waals surface area contributed by atoms with Crippen LogP contribution in [0.15, 0.2) is 36.9 Å². The molecule has 0 fully saturated rings. The molecule has 9 nitrogen and oxygen atoms in total. The van der Waals surface area contributed by atoms with Gasteiger partial charge >= 0.3 is 12.4 Å². The van der Waals surface area contributed by atoms with E-state index in [1.165, 1.54) is 43.3 Å². The summed E-state index contributed by atoms with van der Waals surface area (Å²) < 4.78 is 83.0. The average Bonchev–Trinajstić information content (AvgIpc) is 3.52. The number of halogens is 6. The van der Waals surface area contributed by atoms with Crippen molar-refractivity contribution in [3.05, 3.63) is 59.7 Å². The van der Waals surface area contributed by atoms with E-state index in [-0.39, 0.29) is 35.3 Å². The summed E-state index contributed by atoms with van der Waals surface area (Å²) in [5.41, 5.74) is -0.726. The third-order valence-corrected chi connectivity index (χ3v) is 6.89. The molecule has 0 amide bonds. The zero-order valence-corrected chi connectivity index (χ0v) is 23.4. The number of pyridine rings is 2. The van der Waals surface area contributed by atoms with Crippen LogP contribution in [0.1, 0.15) is 22.8 Å². The smallest absolute Gasteiger partial charge is 0.359 e. The highest BCUT2D eigenvalue weighted by Gasteiger charge is 2.34. The van der Waals surface area contributed by atoms with E-state index < -0.39 is 31.8 Å². The molecule has 4 aromatic heterocycles. The largest absolute Gasteiger partial charge is 0.433 e. The lowest BCUT2D eigenvalue weighted by Gasteiger charge is -2.15. The van der Waals surface area contributed by atoms with E-state index in [2.05, 4.69) is 54.9 Å². The number of nitrogens with zero attached hydrogens (tertiary/aromatic N) is 7. The molecule has 1 N–H and O–H groups in total. The van der Waals surface area contributed by atoms with E-state index in [1.807, 2.05) is 0 Å². The highest BCUT2D eigenvalue weighted by molar-refractivity contribution is 6.76. The van der Waals surface area contributed by atoms with E-state index in [0.717, 1.165) is 18.2 Å². The Morgan fingerprint density at radius 3 is 1.95 bits per heavy atom. The number of aromatic nitrogens is 8. The van der Waals surface area contributed by atoms with Crippen LogP contribution in [0.3, 0.4) is 0 Å². The normalized spacial score (nSPS) is 12.3. The van der Waals surface area contributed by atoms with Gasteiger partial charge in [0.25, 0.3) is 0 Å². The number of nitrogens with one attached hydrogen (secondary N) is 1. The summed E-state index contributed by atoms with van der Waals surface area (Å²) in [6, 6.07) is 5.97. The number of H-pyrrole nitrogens is 1. The van der Waals surface area contributed by atoms with Crippen molar-refractivity contribution >= 4 is 8.07 Å². The summed E-state index contributed by atoms with van der Waals surface area (Å²) in [5, 5.41) is 10.3. The van der Waals surface area contributed by atoms with Crippen LogP contribution in [0.4, 0.5) is 26.3 Å². The Labute approximate surface area is 227 Å². The molecule has 0 aliphatic heterocycles. The molecule has 0 saturated carbocycles. The first-order chi connectivity index (χ1) is 18.5. The molecule has 0 unspecified atom stereocenters. The number of alkyl halides is 6. The maximum Gasteiger partial charge on any atom is 0.433 e. The minimum atomic E-state index is -4.50. The summed E-state index contributed by atoms with van der Waals surface area (Å²) in [6.07, 6.45) is -6.27. The molecule has 4 heterocycles. The fourth-order valence-electron chi connectivity index (χ4n) is 3.26. The van der Waals surface area contributed by atoms with Crippen molar-refractivity contribution in [2.75, 3.05) is 6.61 Å². The Hall–Kier alpha value is -3.66. The minimum Gasteiger partial charge on any atom is -0.359 e. The molecule has 216 valence electrons. The van der Waals surface area contributed by atoms with Crippen LogP contribution in [-0.4, -0.2) is 54.6 Å². The van der Waals surface area contributed by atoms with Gasteiger partial charge in [-0.15, -0.1) is 5.10 Å². The van der Waals surface area contributed by atoms with Crippen LogP contribution in [0, 0.1) is 13.8 Å². The van der Waals surface area contributed by atoms with Crippen molar-refractivity contribution in [3.63, 3.8) is 0 Å². The van der Waals surface area contributed by atoms with Crippen molar-refractivity contribution in [1.82, 2.24) is 39.9 Å². The van der Waals surface area contributed by atoms with Gasteiger partial charge in [0.1, 0.15) is 30.8 Å². The average molecular weight is 587 g/mol. The summed E-state index contributed by atoms with van der Waals surface area (Å²) in [4.78, 5) is 14.8. The van der Waals surface area contributed by atoms with Gasteiger partial charge in [-0.3, -0.25) is 5.10 Å². The van der Waals surface area contributed by atoms with E-state index in [0.29, 0.717) is 12.2 Å². The third-order valence-electron chi connectivity index (χ3n) is 5.19. The molecule has 0 aliphatic rings. The molecule has 0 atom stereocenters. The molecule has 4 rings (SSSR count). The molecule has 0 saturated heterocycles. The molecule has 0 aromatic carbocycles. The first-order valence-corrected chi connectivity index (χ1v) is 15.7. The van der Waals surface area contributed by atoms with Crippen LogP contribution < -0.4 is 0 Å². The zero-order chi connectivity index (χ0) is 29.7. The number of aromatic amines is 1. The van der Waals surface area contributed by atoms with Gasteiger partial charge in [-0.2, -0.15) is 31.4 Å². The van der Waals surface area contributed by atoms with Crippen molar-refractivity contribution in [2.24, 2.45) is 0 Å². The Kier molecular flexibility index (Phi) is 9.45. The Morgan fingerprint density at radius 2 is 1.43 bits per heavy atom. The number of rotatable bonds is 7. The first-order valence-electron chi connectivity index (χ1n) is 12.0. The predicted octanol–water partition coefficient (Wildman–Crippen LogP) is 6.17. The van der Waals surface area contributed by atoms with Crippen LogP contribution in [-0.2, 0) is 23.8 Å². The van der Waals surface area contributed by atoms with Gasteiger partial charge in [0.15, 0.2) is 11.6 Å². The van der Waals surface area contributed by atoms with Gasteiger partial charge in [-0.1, -0.05) is 19.6 Å². The third kappa shape index (κ3) is 9.22. The van der Waals surface area contributed by atoms with Crippen molar-refractivity contribution < 1.29 is 31.1 Å². The van der Waals surface area contributed by atoms with Crippen LogP contribution >= 0.6 is 0 Å². The lowest BCUT2D eigenvalue weighted by atomic mass is 10.2. The molecule has 0 spiro atoms. The SMILES string of the molecule is Cc1cc(-c2ncn(COCC[Si](C)(C)C)n2)cc(C(F)(F)F)n1.Cc1cc(-c2ncn[nH]2)cc(C(F)(F)F)n1. The molecular formula is C24H28F6N8OSi. The molecule has 0 bridgehead atoms. The molecule has 0 radical (unpaired) electrons. The van der Waals surface area contributed by atoms with Gasteiger partial charge in [-0.25, -0.2) is 24.6 Å². The number of hydrogen-bond donors (Lipinski definition) is 1. The van der Waals surface area contributed by atoms with Gasteiger partial charge in [0, 0.05) is 37.2 Å². The number of ether oxygens (including phenoxy) is 1. The molecule has 0 aliphatic carbocycles. The van der Waals surface area contributed by atoms with Crippen LogP contribution in [0.25, 0.3) is 22.8 Å². The molecule has 4 aromatic rings. The lowest BCUT2D eigenvalue weighted by Crippen LogP contribution is -2.22. The first kappa shape index (κ1) is 30.9. The fourth-order valence-corrected chi connectivity index (χ4v) is 4.02. The number of hydrogen-bond acceptors (Lipinski definition) is 7. The van der Waals surface area contributed by atoms with Gasteiger partial charge in [0.2, 0.25) is 0 Å². The number of aryl methyl sites for hydroxylation is 2. The predicted molar refractivity (Wildman–Crippen MR) is 136 cm³/mol. The zero-order valence-electron chi connectivity index (χ0n) is 22.4. The summed E-state index contributed by atoms with van der Waals surface area (Å²) in [5.74, 6) is 0.510. The maximum atomic E-state index is 12.8. The second-order valence-electron chi connectivity index (χ2n) is 10.1. The van der Waals surface area contributed by atoms with E-state index in [1.54, 1.807) is 0 Å². The summed E-state index contributed by atoms with van der Waals surface area (Å²) in [6.45, 7) is 10.6. The molecule has 16 heteroatoms. The van der Waals surface area contributed by atoms with Gasteiger partial charge < -0.3 is 4.74 Å². The maximum absolute atomic E-state index is 12.8. The Bertz CT molecular complexity index is 1400. The molecular weight excluding hydrogens is 558 g/mol. The van der Waals surface area contributed by atoms with Gasteiger partial charge in [0.05, 0.1) is 0 Å². The molecule has 40 heavy (non-hydrogen) atoms. The fraction of sp³-hybridized carbons (Fsp3) is 0.417. The lowest BCUT2D eigenvalue weighted by molar-refractivity contribution is -0.142. The Balaban J connectivity index is 0.000000238. The van der Waals surface area contributed by atoms with Crippen LogP contribution in [0.5, 0.6) is 0 Å². The standard InChI is InChI=1S/C15H21F3N4OSi.C9H7F3N4/c1-11-7-12(8-13(20-11)15(16,17)18)14-19-9-22(21-14)10-23-5-6-24(2,3)4;1-5-2-6(8-13-4-14-16-8)3-7(15-5)9(10,11)12/h7-9H,5-6,10H2,1-4H3;2-4H,1H3,(H,13,14,16). The van der Waals surface area contributed by atoms with E-state index in [9.17, 15) is 26.3 Å². The second kappa shape index (κ2) is 12.2. The van der Waals surface area contributed by atoms with Crippen molar-refractivity contribution in [3.8, 4) is 22.8 Å². The quantitative estimate of drug-likeness (QED) is 0.157. The second-order valence-corrected chi connectivity index (χ2v) is 15.7. The van der Waals surface area contributed by atoms with E-state index in [4.69, 9.17) is 4.74 Å². The summed E-state index contributed by atoms with van der Waals surface area (Å²) in [7, 11) is -1.16. The van der Waals surface area contributed by atoms with Gasteiger partial charge in [-0.05, 0) is 44.2 Å². The van der Waals surface area contributed by atoms with Crippen molar-refractivity contribution in [1.29, 1.82) is 0 Å². The highest BCUT2D eigenvalue weighted by Crippen LogP contribution is 2.31. The summed E-state index contributed by atoms with van der Waals surface area (Å²) >= 11 is 0. The van der Waals surface area contributed by atoms with Crippen LogP contribution in [0.2, 0.25) is 25.7 Å². The van der Waals surface area contributed by atoms with Crippen molar-refractivity contribution in [2.45, 2.75) is 58.6 Å². The minimum absolute atomic E-state index is 0.222. The topological polar surface area (TPSA) is 107 Å².